The van der Waals surface area contributed by atoms with Gasteiger partial charge in [-0.15, -0.1) is 0 Å². The molecule has 0 aromatic heterocycles. The molecule has 2 atom stereocenters. The van der Waals surface area contributed by atoms with Crippen molar-refractivity contribution >= 4 is 5.78 Å². The third kappa shape index (κ3) is 5.28. The number of Topliss-reactive ketones (excluding diaryl/α,β-unsaturated/α-hetero) is 1. The van der Waals surface area contributed by atoms with Gasteiger partial charge in [0.15, 0.2) is 5.78 Å². The van der Waals surface area contributed by atoms with Crippen LogP contribution in [0.15, 0.2) is 42.5 Å². The van der Waals surface area contributed by atoms with Crippen LogP contribution in [0.25, 0.3) is 0 Å². The minimum Gasteiger partial charge on any atom is -0.497 e. The lowest BCUT2D eigenvalue weighted by molar-refractivity contribution is 0.0635. The van der Waals surface area contributed by atoms with Crippen molar-refractivity contribution in [2.75, 3.05) is 33.9 Å². The number of benzene rings is 2. The van der Waals surface area contributed by atoms with Gasteiger partial charge in [-0.25, -0.2) is 0 Å². The van der Waals surface area contributed by atoms with Crippen molar-refractivity contribution in [1.82, 2.24) is 4.90 Å². The number of carbonyl (C=O) groups is 1. The predicted octanol–water partition coefficient (Wildman–Crippen LogP) is 3.48. The average Bonchev–Trinajstić information content (AvgIpc) is 3.19. The normalized spacial score (nSPS) is 17.7. The quantitative estimate of drug-likeness (QED) is 0.651. The molecule has 0 radical (unpaired) electrons. The molecule has 2 aromatic carbocycles. The van der Waals surface area contributed by atoms with Gasteiger partial charge in [0.05, 0.1) is 14.2 Å². The first-order valence-electron chi connectivity index (χ1n) is 9.89. The number of hydrogen-bond donors (Lipinski definition) is 1. The number of methoxy groups -OCH3 is 2. The van der Waals surface area contributed by atoms with Crippen molar-refractivity contribution in [3.05, 3.63) is 53.6 Å². The molecule has 3 rings (SSSR count). The Morgan fingerprint density at radius 3 is 2.52 bits per heavy atom. The van der Waals surface area contributed by atoms with E-state index in [0.29, 0.717) is 17.9 Å². The second-order valence-electron chi connectivity index (χ2n) is 7.31. The van der Waals surface area contributed by atoms with Gasteiger partial charge in [-0.3, -0.25) is 9.69 Å². The van der Waals surface area contributed by atoms with E-state index in [2.05, 4.69) is 4.90 Å². The summed E-state index contributed by atoms with van der Waals surface area (Å²) in [4.78, 5) is 13.6. The summed E-state index contributed by atoms with van der Waals surface area (Å²) in [6.45, 7) is 3.17. The summed E-state index contributed by atoms with van der Waals surface area (Å²) in [6, 6.07) is 13.1. The summed E-state index contributed by atoms with van der Waals surface area (Å²) < 4.78 is 16.6. The Morgan fingerprint density at radius 1 is 1.14 bits per heavy atom. The Hall–Kier alpha value is -2.57. The maximum atomic E-state index is 11.3. The largest absolute Gasteiger partial charge is 0.497 e. The number of hydrogen-bond acceptors (Lipinski definition) is 6. The molecule has 1 aliphatic rings. The molecule has 0 unspecified atom stereocenters. The lowest BCUT2D eigenvalue weighted by atomic mass is 10.0. The number of ketones is 1. The van der Waals surface area contributed by atoms with Crippen molar-refractivity contribution in [3.63, 3.8) is 0 Å². The van der Waals surface area contributed by atoms with Gasteiger partial charge in [-0.1, -0.05) is 6.07 Å². The lowest BCUT2D eigenvalue weighted by Gasteiger charge is -2.28. The molecule has 0 amide bonds. The van der Waals surface area contributed by atoms with Crippen molar-refractivity contribution in [1.29, 1.82) is 0 Å². The Balaban J connectivity index is 1.59. The molecule has 1 fully saturated rings. The Kier molecular flexibility index (Phi) is 7.12. The van der Waals surface area contributed by atoms with Crippen LogP contribution in [0.3, 0.4) is 0 Å². The lowest BCUT2D eigenvalue weighted by Crippen LogP contribution is -2.35. The Bertz CT molecular complexity index is 821. The van der Waals surface area contributed by atoms with Gasteiger partial charge in [-0.2, -0.15) is 0 Å². The van der Waals surface area contributed by atoms with Crippen molar-refractivity contribution in [2.45, 2.75) is 31.9 Å². The monoisotopic (exact) mass is 399 g/mol. The van der Waals surface area contributed by atoms with Crippen LogP contribution in [0.2, 0.25) is 0 Å². The molecule has 2 aromatic rings. The summed E-state index contributed by atoms with van der Waals surface area (Å²) >= 11 is 0. The van der Waals surface area contributed by atoms with Crippen LogP contribution >= 0.6 is 0 Å². The molecule has 0 bridgehead atoms. The van der Waals surface area contributed by atoms with Gasteiger partial charge in [0.25, 0.3) is 0 Å². The van der Waals surface area contributed by atoms with Gasteiger partial charge in [-0.05, 0) is 56.6 Å². The van der Waals surface area contributed by atoms with Gasteiger partial charge in [0.1, 0.15) is 30.0 Å². The summed E-state index contributed by atoms with van der Waals surface area (Å²) in [5.74, 6) is 2.23. The predicted molar refractivity (Wildman–Crippen MR) is 111 cm³/mol. The van der Waals surface area contributed by atoms with Crippen molar-refractivity contribution in [3.8, 4) is 17.2 Å². The minimum absolute atomic E-state index is 0.0191. The maximum absolute atomic E-state index is 11.3. The Labute approximate surface area is 172 Å². The van der Waals surface area contributed by atoms with E-state index < -0.39 is 6.10 Å². The van der Waals surface area contributed by atoms with Crippen LogP contribution in [-0.2, 0) is 0 Å². The highest BCUT2D eigenvalue weighted by Crippen LogP contribution is 2.38. The number of β-amino-alcohol motifs (C(OH)–C–C–N with tert-alkyl or cyclic N) is 1. The zero-order chi connectivity index (χ0) is 20.8. The molecule has 6 nitrogen and oxygen atoms in total. The number of rotatable bonds is 9. The first kappa shape index (κ1) is 21.1. The number of carbonyl (C=O) groups excluding carboxylic acids is 1. The first-order chi connectivity index (χ1) is 14.0. The molecule has 1 N–H and O–H groups in total. The van der Waals surface area contributed by atoms with E-state index in [-0.39, 0.29) is 18.4 Å². The number of aliphatic hydroxyl groups is 1. The van der Waals surface area contributed by atoms with E-state index in [1.54, 1.807) is 38.5 Å². The minimum atomic E-state index is -0.618. The smallest absolute Gasteiger partial charge is 0.159 e. The second-order valence-corrected chi connectivity index (χ2v) is 7.31. The number of aliphatic hydroxyl groups excluding tert-OH is 1. The van der Waals surface area contributed by atoms with Crippen LogP contribution in [-0.4, -0.2) is 55.8 Å². The number of likely N-dealkylation sites (tertiary alicyclic amines) is 1. The van der Waals surface area contributed by atoms with Gasteiger partial charge in [0, 0.05) is 29.8 Å². The van der Waals surface area contributed by atoms with E-state index in [1.165, 1.54) is 6.92 Å². The highest BCUT2D eigenvalue weighted by Gasteiger charge is 2.30. The fourth-order valence-corrected chi connectivity index (χ4v) is 3.79. The highest BCUT2D eigenvalue weighted by atomic mass is 16.5. The van der Waals surface area contributed by atoms with Crippen molar-refractivity contribution < 1.29 is 24.1 Å². The third-order valence-corrected chi connectivity index (χ3v) is 5.31. The topological polar surface area (TPSA) is 68.2 Å². The fourth-order valence-electron chi connectivity index (χ4n) is 3.79. The van der Waals surface area contributed by atoms with E-state index in [1.807, 2.05) is 18.2 Å². The van der Waals surface area contributed by atoms with Crippen LogP contribution < -0.4 is 14.2 Å². The first-order valence-corrected chi connectivity index (χ1v) is 9.89. The van der Waals surface area contributed by atoms with Crippen LogP contribution in [0.5, 0.6) is 17.2 Å². The van der Waals surface area contributed by atoms with Crippen LogP contribution in [0, 0.1) is 0 Å². The zero-order valence-corrected chi connectivity index (χ0v) is 17.3. The number of ether oxygens (including phenoxy) is 3. The second kappa shape index (κ2) is 9.76. The van der Waals surface area contributed by atoms with Crippen LogP contribution in [0.1, 0.15) is 41.7 Å². The summed E-state index contributed by atoms with van der Waals surface area (Å²) in [5, 5.41) is 10.5. The molecule has 6 heteroatoms. The standard InChI is InChI=1S/C23H29NO5/c1-16(25)17-6-8-19(9-7-17)29-15-18(26)14-24-12-4-5-22(24)21-11-10-20(27-2)13-23(21)28-3/h6-11,13,18,22,26H,4-5,12,14-15H2,1-3H3/t18-,22+/m1/s1. The van der Waals surface area contributed by atoms with Crippen LogP contribution in [0.4, 0.5) is 0 Å². The molecule has 1 heterocycles. The van der Waals surface area contributed by atoms with Gasteiger partial charge < -0.3 is 19.3 Å². The SMILES string of the molecule is COc1ccc([C@@H]2CCCN2C[C@@H](O)COc2ccc(C(C)=O)cc2)c(OC)c1. The van der Waals surface area contributed by atoms with Crippen molar-refractivity contribution in [2.24, 2.45) is 0 Å². The molecule has 0 saturated carbocycles. The van der Waals surface area contributed by atoms with Gasteiger partial charge >= 0.3 is 0 Å². The van der Waals surface area contributed by atoms with Gasteiger partial charge in [0.2, 0.25) is 0 Å². The zero-order valence-electron chi connectivity index (χ0n) is 17.3. The molecule has 156 valence electrons. The highest BCUT2D eigenvalue weighted by molar-refractivity contribution is 5.94. The third-order valence-electron chi connectivity index (χ3n) is 5.31. The average molecular weight is 399 g/mol. The summed E-state index contributed by atoms with van der Waals surface area (Å²) in [6.07, 6.45) is 1.47. The van der Waals surface area contributed by atoms with E-state index >= 15 is 0 Å². The van der Waals surface area contributed by atoms with E-state index in [0.717, 1.165) is 36.4 Å². The molecule has 1 saturated heterocycles. The molecular weight excluding hydrogens is 370 g/mol. The Morgan fingerprint density at radius 2 is 1.86 bits per heavy atom. The maximum Gasteiger partial charge on any atom is 0.159 e. The molecular formula is C23H29NO5. The molecule has 0 aliphatic carbocycles. The summed E-state index contributed by atoms with van der Waals surface area (Å²) in [5.41, 5.74) is 1.75. The molecule has 29 heavy (non-hydrogen) atoms. The summed E-state index contributed by atoms with van der Waals surface area (Å²) in [7, 11) is 3.30. The fraction of sp³-hybridized carbons (Fsp3) is 0.435. The molecule has 1 aliphatic heterocycles. The van der Waals surface area contributed by atoms with E-state index in [9.17, 15) is 9.90 Å². The number of nitrogens with zero attached hydrogens (tertiary/aromatic N) is 1. The van der Waals surface area contributed by atoms with E-state index in [4.69, 9.17) is 14.2 Å². The molecule has 0 spiro atoms.